The maximum absolute atomic E-state index is 7.06. The van der Waals surface area contributed by atoms with Crippen LogP contribution in [-0.4, -0.2) is 24.1 Å². The van der Waals surface area contributed by atoms with Gasteiger partial charge in [0, 0.05) is 54.7 Å². The molecular formula is C69H41N5O. The van der Waals surface area contributed by atoms with Crippen LogP contribution in [0.2, 0.25) is 0 Å². The summed E-state index contributed by atoms with van der Waals surface area (Å²) in [6, 6.07) is 88.6. The van der Waals surface area contributed by atoms with E-state index in [1.807, 2.05) is 0 Å². The van der Waals surface area contributed by atoms with Crippen LogP contribution in [0.4, 0.5) is 0 Å². The number of para-hydroxylation sites is 3. The highest BCUT2D eigenvalue weighted by Crippen LogP contribution is 2.47. The number of rotatable bonds is 6. The van der Waals surface area contributed by atoms with E-state index in [0.29, 0.717) is 17.5 Å². The maximum Gasteiger partial charge on any atom is 0.166 e. The highest BCUT2D eigenvalue weighted by Gasteiger charge is 2.27. The van der Waals surface area contributed by atoms with Crippen molar-refractivity contribution in [2.24, 2.45) is 0 Å². The number of furan rings is 1. The number of benzene rings is 12. The summed E-state index contributed by atoms with van der Waals surface area (Å²) < 4.78 is 11.9. The second-order valence-electron chi connectivity index (χ2n) is 19.5. The maximum atomic E-state index is 7.06. The Morgan fingerprint density at radius 1 is 0.307 bits per heavy atom. The van der Waals surface area contributed by atoms with Crippen molar-refractivity contribution in [3.05, 3.63) is 249 Å². The molecular weight excluding hydrogens is 915 g/mol. The molecule has 0 aliphatic heterocycles. The summed E-state index contributed by atoms with van der Waals surface area (Å²) in [5.74, 6) is 1.68. The van der Waals surface area contributed by atoms with Gasteiger partial charge in [-0.3, -0.25) is 0 Å². The van der Waals surface area contributed by atoms with E-state index in [9.17, 15) is 0 Å². The molecule has 0 bridgehead atoms. The van der Waals surface area contributed by atoms with Gasteiger partial charge >= 0.3 is 0 Å². The Kier molecular flexibility index (Phi) is 8.94. The number of hydrogen-bond acceptors (Lipinski definition) is 4. The molecule has 12 aromatic carbocycles. The number of hydrogen-bond donors (Lipinski definition) is 0. The van der Waals surface area contributed by atoms with Crippen LogP contribution in [0, 0.1) is 0 Å². The molecule has 0 saturated heterocycles. The van der Waals surface area contributed by atoms with Crippen molar-refractivity contribution in [3.63, 3.8) is 0 Å². The van der Waals surface area contributed by atoms with Crippen molar-refractivity contribution in [3.8, 4) is 56.7 Å². The summed E-state index contributed by atoms with van der Waals surface area (Å²) in [5, 5.41) is 13.5. The van der Waals surface area contributed by atoms with Gasteiger partial charge in [0.2, 0.25) is 0 Å². The molecule has 0 unspecified atom stereocenters. The van der Waals surface area contributed by atoms with E-state index in [4.69, 9.17) is 19.4 Å². The monoisotopic (exact) mass is 955 g/mol. The van der Waals surface area contributed by atoms with Crippen LogP contribution in [0.1, 0.15) is 0 Å². The third-order valence-electron chi connectivity index (χ3n) is 15.3. The van der Waals surface area contributed by atoms with Gasteiger partial charge in [-0.25, -0.2) is 15.0 Å². The predicted molar refractivity (Wildman–Crippen MR) is 310 cm³/mol. The molecule has 6 heteroatoms. The first kappa shape index (κ1) is 41.4. The Hall–Kier alpha value is -10.2. The fraction of sp³-hybridized carbons (Fsp3) is 0. The van der Waals surface area contributed by atoms with E-state index in [0.717, 1.165) is 116 Å². The molecule has 0 fully saturated rings. The van der Waals surface area contributed by atoms with Crippen LogP contribution in [0.3, 0.4) is 0 Å². The Balaban J connectivity index is 1.07. The molecule has 4 heterocycles. The topological polar surface area (TPSA) is 61.7 Å². The number of aromatic nitrogens is 5. The zero-order chi connectivity index (χ0) is 49.1. The molecule has 0 amide bonds. The highest BCUT2D eigenvalue weighted by atomic mass is 16.3. The molecule has 4 aromatic heterocycles. The second-order valence-corrected chi connectivity index (χ2v) is 19.5. The Bertz CT molecular complexity index is 5010. The zero-order valence-electron chi connectivity index (χ0n) is 40.3. The first-order valence-corrected chi connectivity index (χ1v) is 25.4. The SMILES string of the molecule is c1ccc(-c2cccc(-c3nc(-c4ccc5oc6c7ccccc7ccc6c5c4-n4c5cc6ccccc6cc5c5c6ccccc6ccc54)nc(-c4cccc5c6ccccc6n(-c6ccccc6)c45)n3)c2)cc1. The van der Waals surface area contributed by atoms with Gasteiger partial charge in [-0.1, -0.05) is 182 Å². The van der Waals surface area contributed by atoms with E-state index in [1.165, 1.54) is 21.5 Å². The summed E-state index contributed by atoms with van der Waals surface area (Å²) in [4.78, 5) is 16.8. The van der Waals surface area contributed by atoms with E-state index < -0.39 is 0 Å². The second kappa shape index (κ2) is 16.2. The first-order chi connectivity index (χ1) is 37.2. The lowest BCUT2D eigenvalue weighted by atomic mass is 10.0. The van der Waals surface area contributed by atoms with Crippen molar-refractivity contribution in [1.29, 1.82) is 0 Å². The van der Waals surface area contributed by atoms with Crippen LogP contribution in [0.5, 0.6) is 0 Å². The van der Waals surface area contributed by atoms with Gasteiger partial charge in [-0.05, 0) is 105 Å². The van der Waals surface area contributed by atoms with Gasteiger partial charge in [0.15, 0.2) is 17.5 Å². The normalized spacial score (nSPS) is 12.0. The van der Waals surface area contributed by atoms with Gasteiger partial charge in [0.25, 0.3) is 0 Å². The lowest BCUT2D eigenvalue weighted by molar-refractivity contribution is 0.672. The van der Waals surface area contributed by atoms with Gasteiger partial charge < -0.3 is 13.6 Å². The zero-order valence-corrected chi connectivity index (χ0v) is 40.3. The van der Waals surface area contributed by atoms with Gasteiger partial charge in [-0.2, -0.15) is 0 Å². The number of fused-ring (bicyclic) bond motifs is 14. The largest absolute Gasteiger partial charge is 0.455 e. The van der Waals surface area contributed by atoms with Crippen molar-refractivity contribution >= 4 is 97.9 Å². The van der Waals surface area contributed by atoms with Crippen LogP contribution in [0.25, 0.3) is 155 Å². The van der Waals surface area contributed by atoms with Crippen molar-refractivity contribution < 1.29 is 4.42 Å². The molecule has 0 aliphatic carbocycles. The Labute approximate surface area is 429 Å². The standard InChI is InChI=1S/C69H41N5O/c1-3-17-42(18-4-1)45-23-15-24-48(39-45)67-70-68(55-31-16-30-53-52-29-13-14-32-58(52)73(64(53)55)49-25-5-2-6-26-49)72-69(71-67)56-36-38-61-63(54-35-33-44-20-10-12-28-51(44)66(54)75-61)65(56)74-59-37-34-43-19-9-11-27-50(43)62(59)57-40-46-21-7-8-22-47(46)41-60(57)74/h1-41H. The minimum Gasteiger partial charge on any atom is -0.455 e. The molecule has 0 aliphatic rings. The third kappa shape index (κ3) is 6.30. The minimum atomic E-state index is 0.545. The smallest absolute Gasteiger partial charge is 0.166 e. The van der Waals surface area contributed by atoms with Crippen molar-refractivity contribution in [1.82, 2.24) is 24.1 Å². The molecule has 0 N–H and O–H groups in total. The lowest BCUT2D eigenvalue weighted by Crippen LogP contribution is -2.05. The van der Waals surface area contributed by atoms with Crippen LogP contribution in [-0.2, 0) is 0 Å². The van der Waals surface area contributed by atoms with E-state index in [1.54, 1.807) is 0 Å². The average Bonchev–Trinajstić information content (AvgIpc) is 4.17. The summed E-state index contributed by atoms with van der Waals surface area (Å²) in [6.45, 7) is 0. The van der Waals surface area contributed by atoms with E-state index >= 15 is 0 Å². The molecule has 0 saturated carbocycles. The van der Waals surface area contributed by atoms with Crippen LogP contribution < -0.4 is 0 Å². The van der Waals surface area contributed by atoms with Crippen molar-refractivity contribution in [2.75, 3.05) is 0 Å². The summed E-state index contributed by atoms with van der Waals surface area (Å²) >= 11 is 0. The summed E-state index contributed by atoms with van der Waals surface area (Å²) in [6.07, 6.45) is 0. The predicted octanol–water partition coefficient (Wildman–Crippen LogP) is 18.1. The molecule has 16 rings (SSSR count). The third-order valence-corrected chi connectivity index (χ3v) is 15.3. The summed E-state index contributed by atoms with van der Waals surface area (Å²) in [5.41, 5.74) is 12.7. The molecule has 6 nitrogen and oxygen atoms in total. The highest BCUT2D eigenvalue weighted by molar-refractivity contribution is 6.26. The Morgan fingerprint density at radius 3 is 1.75 bits per heavy atom. The molecule has 0 atom stereocenters. The molecule has 0 spiro atoms. The van der Waals surface area contributed by atoms with Crippen LogP contribution >= 0.6 is 0 Å². The minimum absolute atomic E-state index is 0.545. The summed E-state index contributed by atoms with van der Waals surface area (Å²) in [7, 11) is 0. The van der Waals surface area contributed by atoms with E-state index in [2.05, 4.69) is 258 Å². The molecule has 75 heavy (non-hydrogen) atoms. The van der Waals surface area contributed by atoms with Crippen molar-refractivity contribution in [2.45, 2.75) is 0 Å². The van der Waals surface area contributed by atoms with Gasteiger partial charge in [-0.15, -0.1) is 0 Å². The average molecular weight is 956 g/mol. The molecule has 348 valence electrons. The van der Waals surface area contributed by atoms with Crippen LogP contribution in [0.15, 0.2) is 253 Å². The quantitative estimate of drug-likeness (QED) is 0.167. The Morgan fingerprint density at radius 2 is 0.920 bits per heavy atom. The first-order valence-electron chi connectivity index (χ1n) is 25.4. The van der Waals surface area contributed by atoms with E-state index in [-0.39, 0.29) is 0 Å². The molecule has 16 aromatic rings. The van der Waals surface area contributed by atoms with Gasteiger partial charge in [0.1, 0.15) is 11.2 Å². The molecule has 0 radical (unpaired) electrons. The van der Waals surface area contributed by atoms with Gasteiger partial charge in [0.05, 0.1) is 33.1 Å². The number of nitrogens with zero attached hydrogens (tertiary/aromatic N) is 5. The lowest BCUT2D eigenvalue weighted by Gasteiger charge is -2.17. The fourth-order valence-corrected chi connectivity index (χ4v) is 12.0. The fourth-order valence-electron chi connectivity index (χ4n) is 12.0.